The van der Waals surface area contributed by atoms with Crippen LogP contribution in [-0.4, -0.2) is 20.7 Å². The third kappa shape index (κ3) is 3.31. The van der Waals surface area contributed by atoms with Crippen molar-refractivity contribution in [3.05, 3.63) is 30.1 Å². The molecule has 2 rings (SSSR count). The van der Waals surface area contributed by atoms with E-state index in [-0.39, 0.29) is 6.04 Å². The van der Waals surface area contributed by atoms with Gasteiger partial charge < -0.3 is 10.1 Å². The molecule has 0 saturated carbocycles. The molecule has 0 aliphatic heterocycles. The lowest BCUT2D eigenvalue weighted by molar-refractivity contribution is 0.640. The van der Waals surface area contributed by atoms with Crippen LogP contribution >= 0.6 is 11.8 Å². The van der Waals surface area contributed by atoms with Gasteiger partial charge in [0.15, 0.2) is 0 Å². The van der Waals surface area contributed by atoms with Gasteiger partial charge in [-0.1, -0.05) is 26.8 Å². The Kier molecular flexibility index (Phi) is 4.53. The van der Waals surface area contributed by atoms with Crippen molar-refractivity contribution in [1.29, 1.82) is 0 Å². The number of imidazole rings is 1. The minimum atomic E-state index is 0.147. The van der Waals surface area contributed by atoms with Crippen LogP contribution in [0.3, 0.4) is 0 Å². The molecule has 0 aliphatic carbocycles. The molecule has 2 atom stereocenters. The second-order valence-electron chi connectivity index (χ2n) is 5.54. The minimum absolute atomic E-state index is 0.147. The molecular formula is C15H23N3S. The zero-order chi connectivity index (χ0) is 14.0. The largest absolute Gasteiger partial charge is 0.328 e. The first kappa shape index (κ1) is 14.4. The van der Waals surface area contributed by atoms with Crippen LogP contribution in [0.5, 0.6) is 0 Å². The lowest BCUT2D eigenvalue weighted by atomic mass is 10.2. The molecule has 0 spiro atoms. The molecule has 0 radical (unpaired) electrons. The zero-order valence-corrected chi connectivity index (χ0v) is 12.9. The monoisotopic (exact) mass is 277 g/mol. The Hall–Kier alpha value is -1.00. The second kappa shape index (κ2) is 5.97. The number of hydrogen-bond acceptors (Lipinski definition) is 3. The van der Waals surface area contributed by atoms with Gasteiger partial charge in [0.1, 0.15) is 10.7 Å². The third-order valence-electron chi connectivity index (χ3n) is 3.34. The van der Waals surface area contributed by atoms with Gasteiger partial charge in [0.25, 0.3) is 0 Å². The van der Waals surface area contributed by atoms with Gasteiger partial charge in [-0.25, -0.2) is 4.98 Å². The number of aromatic nitrogens is 2. The highest BCUT2D eigenvalue weighted by Gasteiger charge is 2.17. The molecule has 0 aliphatic rings. The van der Waals surface area contributed by atoms with E-state index in [0.717, 1.165) is 17.1 Å². The molecule has 2 aromatic heterocycles. The van der Waals surface area contributed by atoms with E-state index < -0.39 is 0 Å². The predicted octanol–water partition coefficient (Wildman–Crippen LogP) is 3.36. The predicted molar refractivity (Wildman–Crippen MR) is 82.7 cm³/mol. The summed E-state index contributed by atoms with van der Waals surface area (Å²) in [6.45, 7) is 8.80. The highest BCUT2D eigenvalue weighted by atomic mass is 32.2. The molecule has 4 heteroatoms. The standard InChI is InChI=1S/C15H23N3S/c1-10(2)12(4)19-15-13(9-11(3)16)18-8-6-5-7-14(18)17-15/h5-8,10-12H,9,16H2,1-4H3. The van der Waals surface area contributed by atoms with Crippen molar-refractivity contribution in [1.82, 2.24) is 9.38 Å². The van der Waals surface area contributed by atoms with Crippen LogP contribution in [0.2, 0.25) is 0 Å². The van der Waals surface area contributed by atoms with Gasteiger partial charge >= 0.3 is 0 Å². The summed E-state index contributed by atoms with van der Waals surface area (Å²) >= 11 is 1.86. The van der Waals surface area contributed by atoms with Gasteiger partial charge in [0, 0.05) is 23.9 Å². The fraction of sp³-hybridized carbons (Fsp3) is 0.533. The number of hydrogen-bond donors (Lipinski definition) is 1. The summed E-state index contributed by atoms with van der Waals surface area (Å²) in [4.78, 5) is 4.76. The van der Waals surface area contributed by atoms with Crippen LogP contribution in [0.4, 0.5) is 0 Å². The molecule has 2 heterocycles. The van der Waals surface area contributed by atoms with Crippen LogP contribution in [-0.2, 0) is 6.42 Å². The summed E-state index contributed by atoms with van der Waals surface area (Å²) in [7, 11) is 0. The van der Waals surface area contributed by atoms with Gasteiger partial charge in [0.2, 0.25) is 0 Å². The molecule has 0 bridgehead atoms. The SMILES string of the molecule is CC(N)Cc1c(SC(C)C(C)C)nc2ccccn12. The Morgan fingerprint density at radius 2 is 2.00 bits per heavy atom. The van der Waals surface area contributed by atoms with Gasteiger partial charge in [-0.05, 0) is 25.0 Å². The Morgan fingerprint density at radius 3 is 2.63 bits per heavy atom. The van der Waals surface area contributed by atoms with Crippen molar-refractivity contribution in [2.24, 2.45) is 11.7 Å². The van der Waals surface area contributed by atoms with E-state index in [2.05, 4.69) is 37.4 Å². The molecule has 19 heavy (non-hydrogen) atoms. The fourth-order valence-corrected chi connectivity index (χ4v) is 3.01. The van der Waals surface area contributed by atoms with Gasteiger partial charge in [-0.15, -0.1) is 11.8 Å². The van der Waals surface area contributed by atoms with E-state index in [1.807, 2.05) is 30.8 Å². The molecular weight excluding hydrogens is 254 g/mol. The number of nitrogens with two attached hydrogens (primary N) is 1. The summed E-state index contributed by atoms with van der Waals surface area (Å²) in [6, 6.07) is 6.26. The highest BCUT2D eigenvalue weighted by molar-refractivity contribution is 7.99. The topological polar surface area (TPSA) is 43.3 Å². The first-order valence-electron chi connectivity index (χ1n) is 6.87. The van der Waals surface area contributed by atoms with E-state index in [0.29, 0.717) is 11.2 Å². The lowest BCUT2D eigenvalue weighted by Crippen LogP contribution is -2.19. The minimum Gasteiger partial charge on any atom is -0.328 e. The first-order chi connectivity index (χ1) is 8.99. The maximum Gasteiger partial charge on any atom is 0.138 e. The van der Waals surface area contributed by atoms with E-state index in [1.54, 1.807) is 0 Å². The Morgan fingerprint density at radius 1 is 1.26 bits per heavy atom. The molecule has 2 unspecified atom stereocenters. The number of rotatable bonds is 5. The van der Waals surface area contributed by atoms with E-state index >= 15 is 0 Å². The Bertz CT molecular complexity index is 545. The van der Waals surface area contributed by atoms with Gasteiger partial charge in [-0.3, -0.25) is 0 Å². The summed E-state index contributed by atoms with van der Waals surface area (Å²) in [5, 5.41) is 1.68. The van der Waals surface area contributed by atoms with Crippen molar-refractivity contribution in [2.75, 3.05) is 0 Å². The maximum atomic E-state index is 5.98. The molecule has 2 N–H and O–H groups in total. The van der Waals surface area contributed by atoms with Crippen LogP contribution in [0.15, 0.2) is 29.4 Å². The van der Waals surface area contributed by atoms with Crippen LogP contribution in [0, 0.1) is 5.92 Å². The van der Waals surface area contributed by atoms with Crippen LogP contribution in [0.1, 0.15) is 33.4 Å². The number of nitrogens with zero attached hydrogens (tertiary/aromatic N) is 2. The number of fused-ring (bicyclic) bond motifs is 1. The van der Waals surface area contributed by atoms with Crippen LogP contribution < -0.4 is 5.73 Å². The number of thioether (sulfide) groups is 1. The highest BCUT2D eigenvalue weighted by Crippen LogP contribution is 2.31. The maximum absolute atomic E-state index is 5.98. The third-order valence-corrected chi connectivity index (χ3v) is 4.81. The van der Waals surface area contributed by atoms with E-state index in [9.17, 15) is 0 Å². The first-order valence-corrected chi connectivity index (χ1v) is 7.75. The van der Waals surface area contributed by atoms with Crippen molar-refractivity contribution in [3.63, 3.8) is 0 Å². The molecule has 0 fully saturated rings. The van der Waals surface area contributed by atoms with Crippen molar-refractivity contribution in [2.45, 2.75) is 50.4 Å². The Balaban J connectivity index is 2.40. The van der Waals surface area contributed by atoms with Gasteiger partial charge in [0.05, 0.1) is 5.69 Å². The Labute approximate surface area is 119 Å². The van der Waals surface area contributed by atoms with Gasteiger partial charge in [-0.2, -0.15) is 0 Å². The molecule has 0 aromatic carbocycles. The van der Waals surface area contributed by atoms with Crippen LogP contribution in [0.25, 0.3) is 5.65 Å². The smallest absolute Gasteiger partial charge is 0.138 e. The molecule has 0 amide bonds. The van der Waals surface area contributed by atoms with E-state index in [4.69, 9.17) is 10.7 Å². The van der Waals surface area contributed by atoms with Crippen molar-refractivity contribution >= 4 is 17.4 Å². The van der Waals surface area contributed by atoms with Crippen molar-refractivity contribution in [3.8, 4) is 0 Å². The average molecular weight is 277 g/mol. The van der Waals surface area contributed by atoms with Crippen molar-refractivity contribution < 1.29 is 0 Å². The zero-order valence-electron chi connectivity index (χ0n) is 12.1. The summed E-state index contributed by atoms with van der Waals surface area (Å²) in [5.41, 5.74) is 8.23. The van der Waals surface area contributed by atoms with E-state index in [1.165, 1.54) is 5.69 Å². The summed E-state index contributed by atoms with van der Waals surface area (Å²) in [6.07, 6.45) is 2.93. The lowest BCUT2D eigenvalue weighted by Gasteiger charge is -2.15. The normalized spacial score (nSPS) is 15.1. The molecule has 3 nitrogen and oxygen atoms in total. The number of pyridine rings is 1. The molecule has 104 valence electrons. The second-order valence-corrected chi connectivity index (χ2v) is 6.91. The quantitative estimate of drug-likeness (QED) is 0.852. The fourth-order valence-electron chi connectivity index (χ4n) is 1.92. The average Bonchev–Trinajstić information content (AvgIpc) is 2.67. The molecule has 0 saturated heterocycles. The molecule has 2 aromatic rings. The summed E-state index contributed by atoms with van der Waals surface area (Å²) in [5.74, 6) is 0.637. The summed E-state index contributed by atoms with van der Waals surface area (Å²) < 4.78 is 2.17.